The van der Waals surface area contributed by atoms with Crippen LogP contribution in [0, 0.1) is 5.92 Å². The molecule has 0 amide bonds. The van der Waals surface area contributed by atoms with Crippen molar-refractivity contribution in [1.82, 2.24) is 15.0 Å². The van der Waals surface area contributed by atoms with Crippen LogP contribution in [0.4, 0.5) is 0 Å². The molecule has 0 radical (unpaired) electrons. The molecule has 7 heteroatoms. The van der Waals surface area contributed by atoms with Crippen LogP contribution in [-0.4, -0.2) is 38.9 Å². The van der Waals surface area contributed by atoms with Gasteiger partial charge in [-0.15, -0.1) is 0 Å². The number of para-hydroxylation sites is 1. The molecule has 0 spiro atoms. The van der Waals surface area contributed by atoms with Crippen LogP contribution in [0.2, 0.25) is 0 Å². The maximum absolute atomic E-state index is 10.9. The van der Waals surface area contributed by atoms with Gasteiger partial charge in [-0.3, -0.25) is 0 Å². The van der Waals surface area contributed by atoms with Crippen LogP contribution in [-0.2, 0) is 0 Å². The van der Waals surface area contributed by atoms with Crippen molar-refractivity contribution in [2.75, 3.05) is 13.7 Å². The van der Waals surface area contributed by atoms with E-state index in [1.54, 1.807) is 43.5 Å². The monoisotopic (exact) mass is 499 g/mol. The molecule has 3 aromatic carbocycles. The first-order chi connectivity index (χ1) is 18.0. The number of nitrogens with zero attached hydrogens (tertiary/aromatic N) is 3. The fourth-order valence-electron chi connectivity index (χ4n) is 4.11. The Morgan fingerprint density at radius 2 is 1.49 bits per heavy atom. The number of unbranched alkanes of at least 4 members (excludes halogenated alkanes) is 1. The summed E-state index contributed by atoms with van der Waals surface area (Å²) in [5.41, 5.74) is 1.59. The largest absolute Gasteiger partial charge is 0.507 e. The molecule has 0 aliphatic heterocycles. The SMILES string of the molecule is CCCCC(CC)COc1cccc(O)c1-c1nc(-c2ccc(OC)cc2)nc(-c2ccccc2O)n1. The van der Waals surface area contributed by atoms with Crippen molar-refractivity contribution >= 4 is 0 Å². The number of rotatable bonds is 11. The van der Waals surface area contributed by atoms with Crippen molar-refractivity contribution in [3.63, 3.8) is 0 Å². The third-order valence-electron chi connectivity index (χ3n) is 6.37. The van der Waals surface area contributed by atoms with Gasteiger partial charge in [0.15, 0.2) is 17.5 Å². The number of hydrogen-bond acceptors (Lipinski definition) is 7. The minimum Gasteiger partial charge on any atom is -0.507 e. The number of hydrogen-bond donors (Lipinski definition) is 2. The Kier molecular flexibility index (Phi) is 8.56. The Morgan fingerprint density at radius 3 is 2.19 bits per heavy atom. The minimum absolute atomic E-state index is 0.00854. The summed E-state index contributed by atoms with van der Waals surface area (Å²) < 4.78 is 11.5. The molecule has 1 aromatic heterocycles. The lowest BCUT2D eigenvalue weighted by Crippen LogP contribution is -2.12. The van der Waals surface area contributed by atoms with E-state index in [0.717, 1.165) is 31.2 Å². The van der Waals surface area contributed by atoms with Gasteiger partial charge in [-0.05, 0) is 60.9 Å². The zero-order valence-electron chi connectivity index (χ0n) is 21.5. The first kappa shape index (κ1) is 25.9. The third-order valence-corrected chi connectivity index (χ3v) is 6.37. The van der Waals surface area contributed by atoms with Crippen LogP contribution in [0.15, 0.2) is 66.7 Å². The van der Waals surface area contributed by atoms with Gasteiger partial charge < -0.3 is 19.7 Å². The highest BCUT2D eigenvalue weighted by Crippen LogP contribution is 2.38. The number of methoxy groups -OCH3 is 1. The van der Waals surface area contributed by atoms with Crippen LogP contribution in [0.3, 0.4) is 0 Å². The van der Waals surface area contributed by atoms with Crippen LogP contribution in [0.5, 0.6) is 23.0 Å². The molecular formula is C30H33N3O4. The lowest BCUT2D eigenvalue weighted by atomic mass is 10.0. The van der Waals surface area contributed by atoms with E-state index in [-0.39, 0.29) is 23.1 Å². The topological polar surface area (TPSA) is 97.6 Å². The first-order valence-electron chi connectivity index (χ1n) is 12.7. The van der Waals surface area contributed by atoms with E-state index in [2.05, 4.69) is 23.8 Å². The highest BCUT2D eigenvalue weighted by atomic mass is 16.5. The van der Waals surface area contributed by atoms with Gasteiger partial charge in [0.05, 0.1) is 19.3 Å². The molecule has 0 bridgehead atoms. The summed E-state index contributed by atoms with van der Waals surface area (Å²) in [5.74, 6) is 2.64. The number of ether oxygens (including phenoxy) is 2. The van der Waals surface area contributed by atoms with E-state index in [4.69, 9.17) is 14.5 Å². The van der Waals surface area contributed by atoms with Crippen molar-refractivity contribution in [1.29, 1.82) is 0 Å². The van der Waals surface area contributed by atoms with E-state index in [0.29, 0.717) is 41.0 Å². The molecule has 37 heavy (non-hydrogen) atoms. The summed E-state index contributed by atoms with van der Waals surface area (Å²) in [6.45, 7) is 4.89. The maximum Gasteiger partial charge on any atom is 0.171 e. The van der Waals surface area contributed by atoms with E-state index in [9.17, 15) is 10.2 Å². The van der Waals surface area contributed by atoms with Crippen LogP contribution < -0.4 is 9.47 Å². The molecule has 1 unspecified atom stereocenters. The van der Waals surface area contributed by atoms with Gasteiger partial charge in [-0.2, -0.15) is 0 Å². The second kappa shape index (κ2) is 12.2. The molecule has 0 aliphatic carbocycles. The smallest absolute Gasteiger partial charge is 0.171 e. The molecule has 1 heterocycles. The van der Waals surface area contributed by atoms with Crippen molar-refractivity contribution in [3.8, 4) is 57.2 Å². The van der Waals surface area contributed by atoms with Crippen LogP contribution in [0.1, 0.15) is 39.5 Å². The minimum atomic E-state index is 0.00854. The number of aromatic hydroxyl groups is 2. The first-order valence-corrected chi connectivity index (χ1v) is 12.7. The van der Waals surface area contributed by atoms with Crippen molar-refractivity contribution in [2.24, 2.45) is 5.92 Å². The summed E-state index contributed by atoms with van der Waals surface area (Å²) in [6.07, 6.45) is 4.39. The fourth-order valence-corrected chi connectivity index (χ4v) is 4.11. The van der Waals surface area contributed by atoms with Crippen LogP contribution in [0.25, 0.3) is 34.2 Å². The van der Waals surface area contributed by atoms with Gasteiger partial charge in [0.2, 0.25) is 0 Å². The van der Waals surface area contributed by atoms with Gasteiger partial charge in [0, 0.05) is 5.56 Å². The molecule has 1 atom stereocenters. The van der Waals surface area contributed by atoms with Gasteiger partial charge in [0.25, 0.3) is 0 Å². The van der Waals surface area contributed by atoms with E-state index < -0.39 is 0 Å². The zero-order chi connectivity index (χ0) is 26.2. The molecule has 192 valence electrons. The Hall–Kier alpha value is -4.13. The Morgan fingerprint density at radius 1 is 0.784 bits per heavy atom. The predicted octanol–water partition coefficient (Wildman–Crippen LogP) is 6.89. The van der Waals surface area contributed by atoms with E-state index in [1.165, 1.54) is 0 Å². The maximum atomic E-state index is 10.9. The van der Waals surface area contributed by atoms with Gasteiger partial charge >= 0.3 is 0 Å². The number of aromatic nitrogens is 3. The average molecular weight is 500 g/mol. The Balaban J connectivity index is 1.81. The third kappa shape index (κ3) is 6.17. The molecule has 4 rings (SSSR count). The van der Waals surface area contributed by atoms with Gasteiger partial charge in [0.1, 0.15) is 28.6 Å². The normalized spacial score (nSPS) is 11.8. The zero-order valence-corrected chi connectivity index (χ0v) is 21.5. The molecule has 0 aliphatic rings. The average Bonchev–Trinajstić information content (AvgIpc) is 2.93. The lowest BCUT2D eigenvalue weighted by molar-refractivity contribution is 0.233. The highest BCUT2D eigenvalue weighted by Gasteiger charge is 2.20. The predicted molar refractivity (Wildman–Crippen MR) is 145 cm³/mol. The van der Waals surface area contributed by atoms with Crippen molar-refractivity contribution in [3.05, 3.63) is 66.7 Å². The molecular weight excluding hydrogens is 466 g/mol. The quantitative estimate of drug-likeness (QED) is 0.232. The van der Waals surface area contributed by atoms with Crippen molar-refractivity contribution in [2.45, 2.75) is 39.5 Å². The molecule has 7 nitrogen and oxygen atoms in total. The van der Waals surface area contributed by atoms with Gasteiger partial charge in [-0.25, -0.2) is 15.0 Å². The second-order valence-corrected chi connectivity index (χ2v) is 8.93. The molecule has 0 saturated carbocycles. The number of benzene rings is 3. The van der Waals surface area contributed by atoms with E-state index in [1.807, 2.05) is 30.3 Å². The highest BCUT2D eigenvalue weighted by molar-refractivity contribution is 5.75. The standard InChI is InChI=1S/C30H33N3O4/c1-4-6-10-20(5-2)19-37-26-14-9-13-25(35)27(26)30-32-28(21-15-17-22(36-3)18-16-21)31-29(33-30)23-11-7-8-12-24(23)34/h7-9,11-18,20,34-35H,4-6,10,19H2,1-3H3. The molecule has 2 N–H and O–H groups in total. The van der Waals surface area contributed by atoms with Crippen LogP contribution >= 0.6 is 0 Å². The summed E-state index contributed by atoms with van der Waals surface area (Å²) in [5, 5.41) is 21.4. The number of phenolic OH excluding ortho intramolecular Hbond substituents is 2. The Bertz CT molecular complexity index is 1320. The number of phenols is 2. The summed E-state index contributed by atoms with van der Waals surface area (Å²) >= 11 is 0. The summed E-state index contributed by atoms with van der Waals surface area (Å²) in [7, 11) is 1.61. The lowest BCUT2D eigenvalue weighted by Gasteiger charge is -2.18. The molecule has 4 aromatic rings. The summed E-state index contributed by atoms with van der Waals surface area (Å²) in [6, 6.07) is 19.4. The molecule has 0 saturated heterocycles. The fraction of sp³-hybridized carbons (Fsp3) is 0.300. The van der Waals surface area contributed by atoms with Crippen molar-refractivity contribution < 1.29 is 19.7 Å². The molecule has 0 fully saturated rings. The van der Waals surface area contributed by atoms with Gasteiger partial charge in [-0.1, -0.05) is 51.3 Å². The Labute approximate surface area is 217 Å². The second-order valence-electron chi connectivity index (χ2n) is 8.93. The van der Waals surface area contributed by atoms with E-state index >= 15 is 0 Å². The summed E-state index contributed by atoms with van der Waals surface area (Å²) in [4.78, 5) is 14.0.